The molecule has 1 spiro atoms. The van der Waals surface area contributed by atoms with Gasteiger partial charge in [0.05, 0.1) is 18.4 Å². The number of carbonyl (C=O) groups excluding carboxylic acids is 1. The highest BCUT2D eigenvalue weighted by atomic mass is 19.3. The summed E-state index contributed by atoms with van der Waals surface area (Å²) >= 11 is 0. The molecule has 2 saturated heterocycles. The molecule has 3 rings (SSSR count). The summed E-state index contributed by atoms with van der Waals surface area (Å²) in [5.41, 5.74) is 0.966. The van der Waals surface area contributed by atoms with E-state index in [0.717, 1.165) is 39.1 Å². The lowest BCUT2D eigenvalue weighted by Crippen LogP contribution is -2.58. The average molecular weight is 311 g/mol. The third kappa shape index (κ3) is 2.67. The van der Waals surface area contributed by atoms with Crippen LogP contribution in [-0.2, 0) is 9.47 Å². The quantitative estimate of drug-likeness (QED) is 0.804. The topological polar surface area (TPSA) is 38.8 Å². The van der Waals surface area contributed by atoms with Gasteiger partial charge in [-0.1, -0.05) is 6.07 Å². The number of alkyl halides is 2. The SMILES string of the molecule is COC(=O)c1cc(C(F)F)ccc1N1CC2(CCOCC2)C1. The second kappa shape index (κ2) is 5.83. The molecule has 0 unspecified atom stereocenters. The first-order valence-corrected chi connectivity index (χ1v) is 7.38. The Balaban J connectivity index is 1.83. The molecule has 0 N–H and O–H groups in total. The number of ether oxygens (including phenoxy) is 2. The van der Waals surface area contributed by atoms with E-state index in [1.54, 1.807) is 6.07 Å². The van der Waals surface area contributed by atoms with Gasteiger partial charge in [0.25, 0.3) is 6.43 Å². The van der Waals surface area contributed by atoms with Crippen molar-refractivity contribution >= 4 is 11.7 Å². The van der Waals surface area contributed by atoms with E-state index < -0.39 is 12.4 Å². The minimum atomic E-state index is -2.60. The van der Waals surface area contributed by atoms with E-state index in [4.69, 9.17) is 9.47 Å². The van der Waals surface area contributed by atoms with Crippen molar-refractivity contribution in [3.8, 4) is 0 Å². The van der Waals surface area contributed by atoms with Crippen molar-refractivity contribution in [2.45, 2.75) is 19.3 Å². The van der Waals surface area contributed by atoms with Crippen molar-refractivity contribution in [3.05, 3.63) is 29.3 Å². The van der Waals surface area contributed by atoms with Crippen molar-refractivity contribution in [2.24, 2.45) is 5.41 Å². The Morgan fingerprint density at radius 3 is 2.59 bits per heavy atom. The summed E-state index contributed by atoms with van der Waals surface area (Å²) in [5.74, 6) is -0.578. The monoisotopic (exact) mass is 311 g/mol. The van der Waals surface area contributed by atoms with Gasteiger partial charge in [-0.15, -0.1) is 0 Å². The highest BCUT2D eigenvalue weighted by molar-refractivity contribution is 5.96. The van der Waals surface area contributed by atoms with Crippen LogP contribution in [0.5, 0.6) is 0 Å². The lowest BCUT2D eigenvalue weighted by molar-refractivity contribution is -0.000325. The van der Waals surface area contributed by atoms with Crippen LogP contribution in [0.4, 0.5) is 14.5 Å². The highest BCUT2D eigenvalue weighted by Crippen LogP contribution is 2.43. The van der Waals surface area contributed by atoms with Crippen LogP contribution in [0.15, 0.2) is 18.2 Å². The van der Waals surface area contributed by atoms with Crippen LogP contribution in [0.1, 0.15) is 35.2 Å². The van der Waals surface area contributed by atoms with Gasteiger partial charge < -0.3 is 14.4 Å². The predicted octanol–water partition coefficient (Wildman–Crippen LogP) is 3.03. The zero-order valence-electron chi connectivity index (χ0n) is 12.5. The van der Waals surface area contributed by atoms with Crippen LogP contribution in [0.2, 0.25) is 0 Å². The van der Waals surface area contributed by atoms with Gasteiger partial charge in [0, 0.05) is 37.3 Å². The van der Waals surface area contributed by atoms with Crippen LogP contribution in [0.25, 0.3) is 0 Å². The number of rotatable bonds is 3. The molecule has 4 nitrogen and oxygen atoms in total. The van der Waals surface area contributed by atoms with Gasteiger partial charge in [0.15, 0.2) is 0 Å². The summed E-state index contributed by atoms with van der Waals surface area (Å²) in [5, 5.41) is 0. The Bertz CT molecular complexity index is 563. The van der Waals surface area contributed by atoms with Crippen molar-refractivity contribution in [2.75, 3.05) is 38.3 Å². The van der Waals surface area contributed by atoms with Crippen molar-refractivity contribution < 1.29 is 23.0 Å². The standard InChI is InChI=1S/C16H19F2NO3/c1-21-15(20)12-8-11(14(17)18)2-3-13(12)19-9-16(10-19)4-6-22-7-5-16/h2-3,8,14H,4-7,9-10H2,1H3. The Hall–Kier alpha value is -1.69. The van der Waals surface area contributed by atoms with Gasteiger partial charge >= 0.3 is 5.97 Å². The number of benzene rings is 1. The maximum atomic E-state index is 12.8. The van der Waals surface area contributed by atoms with Crippen LogP contribution in [-0.4, -0.2) is 39.4 Å². The fraction of sp³-hybridized carbons (Fsp3) is 0.562. The first kappa shape index (κ1) is 15.2. The molecule has 2 fully saturated rings. The molecule has 0 saturated carbocycles. The zero-order chi connectivity index (χ0) is 15.7. The fourth-order valence-electron chi connectivity index (χ4n) is 3.29. The van der Waals surface area contributed by atoms with Gasteiger partial charge in [-0.2, -0.15) is 0 Å². The molecule has 1 aromatic carbocycles. The lowest BCUT2D eigenvalue weighted by atomic mass is 9.73. The number of methoxy groups -OCH3 is 1. The third-order valence-electron chi connectivity index (χ3n) is 4.62. The highest BCUT2D eigenvalue weighted by Gasteiger charge is 2.44. The smallest absolute Gasteiger partial charge is 0.339 e. The molecular formula is C16H19F2NO3. The second-order valence-corrected chi connectivity index (χ2v) is 6.04. The van der Waals surface area contributed by atoms with Crippen LogP contribution in [0, 0.1) is 5.41 Å². The molecule has 0 atom stereocenters. The molecule has 0 radical (unpaired) electrons. The zero-order valence-corrected chi connectivity index (χ0v) is 12.5. The summed E-state index contributed by atoms with van der Waals surface area (Å²) < 4.78 is 35.8. The number of hydrogen-bond acceptors (Lipinski definition) is 4. The molecule has 2 aliphatic rings. The normalized spacial score (nSPS) is 20.1. The minimum Gasteiger partial charge on any atom is -0.465 e. The molecule has 2 heterocycles. The van der Waals surface area contributed by atoms with Gasteiger partial charge in [-0.05, 0) is 25.0 Å². The van der Waals surface area contributed by atoms with E-state index in [-0.39, 0.29) is 16.5 Å². The fourth-order valence-corrected chi connectivity index (χ4v) is 3.29. The molecule has 1 aromatic rings. The molecular weight excluding hydrogens is 292 g/mol. The Labute approximate surface area is 128 Å². The Kier molecular flexibility index (Phi) is 4.04. The van der Waals surface area contributed by atoms with Crippen LogP contribution < -0.4 is 4.90 Å². The molecule has 2 aliphatic heterocycles. The predicted molar refractivity (Wildman–Crippen MR) is 77.4 cm³/mol. The van der Waals surface area contributed by atoms with Gasteiger partial charge in [-0.3, -0.25) is 0 Å². The minimum absolute atomic E-state index is 0.162. The number of carbonyl (C=O) groups is 1. The van der Waals surface area contributed by atoms with E-state index in [1.165, 1.54) is 19.2 Å². The second-order valence-electron chi connectivity index (χ2n) is 6.04. The summed E-state index contributed by atoms with van der Waals surface area (Å²) in [6.07, 6.45) is -0.589. The largest absolute Gasteiger partial charge is 0.465 e. The Morgan fingerprint density at radius 2 is 2.00 bits per heavy atom. The Morgan fingerprint density at radius 1 is 1.32 bits per heavy atom. The van der Waals surface area contributed by atoms with Crippen molar-refractivity contribution in [1.29, 1.82) is 0 Å². The number of nitrogens with zero attached hydrogens (tertiary/aromatic N) is 1. The number of hydrogen-bond donors (Lipinski definition) is 0. The van der Waals surface area contributed by atoms with Crippen molar-refractivity contribution in [3.63, 3.8) is 0 Å². The average Bonchev–Trinajstić information content (AvgIpc) is 2.52. The third-order valence-corrected chi connectivity index (χ3v) is 4.62. The first-order valence-electron chi connectivity index (χ1n) is 7.38. The first-order chi connectivity index (χ1) is 10.5. The molecule has 120 valence electrons. The van der Waals surface area contributed by atoms with E-state index >= 15 is 0 Å². The van der Waals surface area contributed by atoms with E-state index in [2.05, 4.69) is 4.90 Å². The number of halogens is 2. The van der Waals surface area contributed by atoms with Crippen LogP contribution >= 0.6 is 0 Å². The maximum Gasteiger partial charge on any atom is 0.339 e. The van der Waals surface area contributed by atoms with E-state index in [9.17, 15) is 13.6 Å². The molecule has 6 heteroatoms. The molecule has 0 bridgehead atoms. The van der Waals surface area contributed by atoms with Gasteiger partial charge in [0.1, 0.15) is 0 Å². The number of esters is 1. The number of anilines is 1. The molecule has 0 aliphatic carbocycles. The summed E-state index contributed by atoms with van der Waals surface area (Å²) in [7, 11) is 1.26. The summed E-state index contributed by atoms with van der Waals surface area (Å²) in [4.78, 5) is 14.0. The molecule has 22 heavy (non-hydrogen) atoms. The summed E-state index contributed by atoms with van der Waals surface area (Å²) in [6, 6.07) is 4.21. The van der Waals surface area contributed by atoms with E-state index in [0.29, 0.717) is 5.69 Å². The van der Waals surface area contributed by atoms with Crippen molar-refractivity contribution in [1.82, 2.24) is 0 Å². The van der Waals surface area contributed by atoms with E-state index in [1.807, 2.05) is 0 Å². The van der Waals surface area contributed by atoms with Gasteiger partial charge in [0.2, 0.25) is 0 Å². The molecule has 0 amide bonds. The van der Waals surface area contributed by atoms with Gasteiger partial charge in [-0.25, -0.2) is 13.6 Å². The van der Waals surface area contributed by atoms with Crippen LogP contribution in [0.3, 0.4) is 0 Å². The maximum absolute atomic E-state index is 12.8. The lowest BCUT2D eigenvalue weighted by Gasteiger charge is -2.53. The molecule has 0 aromatic heterocycles. The summed E-state index contributed by atoms with van der Waals surface area (Å²) in [6.45, 7) is 3.19.